The van der Waals surface area contributed by atoms with Gasteiger partial charge in [-0.25, -0.2) is 14.5 Å². The molecule has 1 aromatic carbocycles. The molecule has 1 N–H and O–H groups in total. The third-order valence-electron chi connectivity index (χ3n) is 4.52. The maximum Gasteiger partial charge on any atom is 0.357 e. The normalized spacial score (nSPS) is 11.3. The van der Waals surface area contributed by atoms with Crippen LogP contribution in [0, 0.1) is 0 Å². The number of carbonyl (C=O) groups is 2. The zero-order valence-corrected chi connectivity index (χ0v) is 18.4. The highest BCUT2D eigenvalue weighted by Gasteiger charge is 2.22. The molecule has 0 saturated heterocycles. The number of esters is 1. The number of hydrogen-bond acceptors (Lipinski definition) is 7. The van der Waals surface area contributed by atoms with Gasteiger partial charge in [0.2, 0.25) is 5.91 Å². The number of hydrogen-bond donors (Lipinski definition) is 1. The molecule has 0 aliphatic heterocycles. The molecule has 0 unspecified atom stereocenters. The zero-order valence-electron chi connectivity index (χ0n) is 17.6. The minimum atomic E-state index is -0.535. The first-order valence-corrected chi connectivity index (χ1v) is 10.4. The monoisotopic (exact) mass is 428 g/mol. The third kappa shape index (κ3) is 4.25. The fourth-order valence-corrected chi connectivity index (χ4v) is 4.06. The highest BCUT2D eigenvalue weighted by molar-refractivity contribution is 7.16. The number of aromatic nitrogens is 3. The first-order valence-electron chi connectivity index (χ1n) is 9.62. The molecule has 0 aliphatic rings. The van der Waals surface area contributed by atoms with Gasteiger partial charge in [-0.05, 0) is 25.8 Å². The van der Waals surface area contributed by atoms with Crippen molar-refractivity contribution >= 4 is 39.1 Å². The lowest BCUT2D eigenvalue weighted by Crippen LogP contribution is -2.27. The molecule has 0 saturated carbocycles. The van der Waals surface area contributed by atoms with Gasteiger partial charge < -0.3 is 10.1 Å². The molecule has 2 aromatic heterocycles. The lowest BCUT2D eigenvalue weighted by Gasteiger charge is -2.13. The number of fused-ring (bicyclic) bond motifs is 1. The lowest BCUT2D eigenvalue weighted by atomic mass is 10.1. The minimum absolute atomic E-state index is 0.0301. The molecule has 1 amide bonds. The van der Waals surface area contributed by atoms with E-state index in [1.165, 1.54) is 23.1 Å². The Kier molecular flexibility index (Phi) is 6.31. The van der Waals surface area contributed by atoms with Crippen molar-refractivity contribution in [1.82, 2.24) is 14.8 Å². The highest BCUT2D eigenvalue weighted by atomic mass is 32.1. The molecule has 0 spiro atoms. The number of amides is 1. The molecule has 3 aromatic rings. The summed E-state index contributed by atoms with van der Waals surface area (Å²) in [4.78, 5) is 42.3. The van der Waals surface area contributed by atoms with E-state index < -0.39 is 5.97 Å². The van der Waals surface area contributed by atoms with Crippen molar-refractivity contribution in [1.29, 1.82) is 0 Å². The van der Waals surface area contributed by atoms with Gasteiger partial charge >= 0.3 is 5.97 Å². The van der Waals surface area contributed by atoms with Gasteiger partial charge in [-0.15, -0.1) is 11.3 Å². The predicted octanol–water partition coefficient (Wildman–Crippen LogP) is 3.53. The summed E-state index contributed by atoms with van der Waals surface area (Å²) in [6.07, 6.45) is -0.0301. The Morgan fingerprint density at radius 1 is 1.17 bits per heavy atom. The summed E-state index contributed by atoms with van der Waals surface area (Å²) >= 11 is 1.24. The van der Waals surface area contributed by atoms with Crippen molar-refractivity contribution in [2.24, 2.45) is 0 Å². The summed E-state index contributed by atoms with van der Waals surface area (Å²) in [6.45, 7) is 7.61. The van der Waals surface area contributed by atoms with Crippen LogP contribution in [0.4, 0.5) is 5.13 Å². The second kappa shape index (κ2) is 8.74. The Balaban J connectivity index is 1.92. The Hall–Kier alpha value is -3.07. The van der Waals surface area contributed by atoms with Crippen molar-refractivity contribution in [3.63, 3.8) is 0 Å². The SMILES string of the molecule is COC(=O)c1nc(NC(=O)Cc2nn(C(C)C)c(=O)c3ccccc23)sc1C(C)C. The molecular formula is C21H24N4O4S. The fourth-order valence-electron chi connectivity index (χ4n) is 3.09. The average Bonchev–Trinajstić information content (AvgIpc) is 3.13. The number of ether oxygens (including phenoxy) is 1. The average molecular weight is 429 g/mol. The van der Waals surface area contributed by atoms with E-state index in [9.17, 15) is 14.4 Å². The van der Waals surface area contributed by atoms with E-state index in [0.717, 1.165) is 4.88 Å². The number of methoxy groups -OCH3 is 1. The van der Waals surface area contributed by atoms with Gasteiger partial charge in [0.05, 0.1) is 30.7 Å². The van der Waals surface area contributed by atoms with Crippen molar-refractivity contribution in [2.75, 3.05) is 12.4 Å². The summed E-state index contributed by atoms with van der Waals surface area (Å²) in [5.74, 6) is -0.809. The number of anilines is 1. The van der Waals surface area contributed by atoms with Crippen LogP contribution in [0.2, 0.25) is 0 Å². The molecule has 9 heteroatoms. The van der Waals surface area contributed by atoms with Crippen molar-refractivity contribution in [3.05, 3.63) is 50.9 Å². The topological polar surface area (TPSA) is 103 Å². The number of carbonyl (C=O) groups excluding carboxylic acids is 2. The van der Waals surface area contributed by atoms with Gasteiger partial charge in [0, 0.05) is 10.3 Å². The van der Waals surface area contributed by atoms with Gasteiger partial charge in [-0.2, -0.15) is 5.10 Å². The summed E-state index contributed by atoms with van der Waals surface area (Å²) < 4.78 is 6.18. The van der Waals surface area contributed by atoms with Gasteiger partial charge in [0.15, 0.2) is 10.8 Å². The number of nitrogens with zero attached hydrogens (tertiary/aromatic N) is 3. The van der Waals surface area contributed by atoms with E-state index in [-0.39, 0.29) is 35.5 Å². The standard InChI is InChI=1S/C21H24N4O4S/c1-11(2)18-17(20(28)29-5)23-21(30-18)22-16(26)10-15-13-8-6-7-9-14(13)19(27)25(24-15)12(3)4/h6-9,11-12H,10H2,1-5H3,(H,22,23,26). The summed E-state index contributed by atoms with van der Waals surface area (Å²) in [5, 5.41) is 8.66. The first kappa shape index (κ1) is 21.6. The van der Waals surface area contributed by atoms with Crippen LogP contribution >= 0.6 is 11.3 Å². The molecule has 0 fully saturated rings. The smallest absolute Gasteiger partial charge is 0.357 e. The second-order valence-electron chi connectivity index (χ2n) is 7.44. The van der Waals surface area contributed by atoms with Crippen molar-refractivity contribution in [2.45, 2.75) is 46.1 Å². The van der Waals surface area contributed by atoms with E-state index in [4.69, 9.17) is 4.74 Å². The Morgan fingerprint density at radius 3 is 2.43 bits per heavy atom. The molecule has 30 heavy (non-hydrogen) atoms. The third-order valence-corrected chi connectivity index (χ3v) is 5.80. The lowest BCUT2D eigenvalue weighted by molar-refractivity contribution is -0.115. The maximum atomic E-state index is 12.7. The predicted molar refractivity (Wildman–Crippen MR) is 116 cm³/mol. The molecule has 8 nitrogen and oxygen atoms in total. The Morgan fingerprint density at radius 2 is 1.83 bits per heavy atom. The minimum Gasteiger partial charge on any atom is -0.464 e. The Bertz CT molecular complexity index is 1160. The van der Waals surface area contributed by atoms with Gasteiger partial charge in [0.25, 0.3) is 5.56 Å². The van der Waals surface area contributed by atoms with Gasteiger partial charge in [-0.3, -0.25) is 9.59 Å². The zero-order chi connectivity index (χ0) is 22.0. The fraction of sp³-hybridized carbons (Fsp3) is 0.381. The van der Waals surface area contributed by atoms with Crippen LogP contribution in [0.25, 0.3) is 10.8 Å². The Labute approximate surface area is 177 Å². The molecule has 0 radical (unpaired) electrons. The number of nitrogens with one attached hydrogen (secondary N) is 1. The van der Waals surface area contributed by atoms with E-state index >= 15 is 0 Å². The van der Waals surface area contributed by atoms with E-state index in [2.05, 4.69) is 15.4 Å². The summed E-state index contributed by atoms with van der Waals surface area (Å²) in [5.41, 5.74) is 0.531. The van der Waals surface area contributed by atoms with Crippen LogP contribution in [0.3, 0.4) is 0 Å². The van der Waals surface area contributed by atoms with Crippen molar-refractivity contribution in [3.8, 4) is 0 Å². The molecule has 2 heterocycles. The number of thiazole rings is 1. The van der Waals surface area contributed by atoms with E-state index in [1.807, 2.05) is 33.8 Å². The van der Waals surface area contributed by atoms with Crippen molar-refractivity contribution < 1.29 is 14.3 Å². The van der Waals surface area contributed by atoms with Crippen LogP contribution in [-0.4, -0.2) is 33.8 Å². The first-order chi connectivity index (χ1) is 14.2. The molecule has 3 rings (SSSR count). The largest absolute Gasteiger partial charge is 0.464 e. The van der Waals surface area contributed by atoms with Crippen LogP contribution in [0.5, 0.6) is 0 Å². The van der Waals surface area contributed by atoms with E-state index in [0.29, 0.717) is 21.6 Å². The molecule has 0 aliphatic carbocycles. The number of benzene rings is 1. The highest BCUT2D eigenvalue weighted by Crippen LogP contribution is 2.30. The molecule has 0 bridgehead atoms. The van der Waals surface area contributed by atoms with Gasteiger partial charge in [0.1, 0.15) is 0 Å². The van der Waals surface area contributed by atoms with Crippen LogP contribution < -0.4 is 10.9 Å². The second-order valence-corrected chi connectivity index (χ2v) is 8.47. The molecular weight excluding hydrogens is 404 g/mol. The molecule has 158 valence electrons. The van der Waals surface area contributed by atoms with Crippen LogP contribution in [0.15, 0.2) is 29.1 Å². The quantitative estimate of drug-likeness (QED) is 0.603. The number of rotatable bonds is 6. The maximum absolute atomic E-state index is 12.7. The summed E-state index contributed by atoms with van der Waals surface area (Å²) in [6, 6.07) is 6.97. The van der Waals surface area contributed by atoms with Gasteiger partial charge in [-0.1, -0.05) is 32.0 Å². The molecule has 0 atom stereocenters. The van der Waals surface area contributed by atoms with Crippen LogP contribution in [-0.2, 0) is 16.0 Å². The van der Waals surface area contributed by atoms with E-state index in [1.54, 1.807) is 18.2 Å². The summed E-state index contributed by atoms with van der Waals surface area (Å²) in [7, 11) is 1.30. The van der Waals surface area contributed by atoms with Crippen LogP contribution in [0.1, 0.15) is 60.7 Å².